The van der Waals surface area contributed by atoms with Crippen LogP contribution in [-0.2, 0) is 4.79 Å². The molecule has 0 unspecified atom stereocenters. The smallest absolute Gasteiger partial charge is 0.244 e. The number of nitrogens with one attached hydrogen (secondary N) is 1. The van der Waals surface area contributed by atoms with Gasteiger partial charge in [0.05, 0.1) is 12.2 Å². The van der Waals surface area contributed by atoms with E-state index in [1.165, 1.54) is 12.2 Å². The highest BCUT2D eigenvalue weighted by atomic mass is 19.1. The number of amides is 1. The van der Waals surface area contributed by atoms with Crippen LogP contribution in [0.4, 0.5) is 8.78 Å². The summed E-state index contributed by atoms with van der Waals surface area (Å²) < 4.78 is 32.5. The molecule has 1 aromatic heterocycles. The van der Waals surface area contributed by atoms with Gasteiger partial charge in [0.25, 0.3) is 0 Å². The molecule has 0 saturated heterocycles. The van der Waals surface area contributed by atoms with Crippen molar-refractivity contribution >= 4 is 12.0 Å². The Hall–Kier alpha value is -3.54. The van der Waals surface area contributed by atoms with Crippen LogP contribution in [0.15, 0.2) is 73.1 Å². The molecule has 0 fully saturated rings. The van der Waals surface area contributed by atoms with Crippen LogP contribution in [0.1, 0.15) is 24.1 Å². The average Bonchev–Trinajstić information content (AvgIpc) is 2.69. The number of halogens is 2. The second-order valence-electron chi connectivity index (χ2n) is 6.09. The molecule has 1 heterocycles. The highest BCUT2D eigenvalue weighted by Crippen LogP contribution is 2.24. The highest BCUT2D eigenvalue weighted by molar-refractivity contribution is 5.92. The Labute approximate surface area is 161 Å². The molecule has 0 saturated carbocycles. The van der Waals surface area contributed by atoms with Crippen molar-refractivity contribution in [3.8, 4) is 11.5 Å². The molecule has 0 aliphatic heterocycles. The van der Waals surface area contributed by atoms with Gasteiger partial charge < -0.3 is 10.1 Å². The maximum absolute atomic E-state index is 13.6. The van der Waals surface area contributed by atoms with Gasteiger partial charge in [-0.15, -0.1) is 0 Å². The predicted octanol–water partition coefficient (Wildman–Crippen LogP) is 5.04. The lowest BCUT2D eigenvalue weighted by atomic mass is 10.1. The standard InChI is InChI=1S/C22H18F2N2O2/c1-15(26-22(27)10-7-17-12-18(23)8-9-21(17)24)16-4-2-5-19(13-16)28-20-6-3-11-25-14-20/h2-15H,1H3,(H,26,27)/t15-/m0/s1. The van der Waals surface area contributed by atoms with Crippen LogP contribution in [0.3, 0.4) is 0 Å². The molecule has 2 aromatic carbocycles. The third kappa shape index (κ3) is 5.23. The van der Waals surface area contributed by atoms with Gasteiger partial charge >= 0.3 is 0 Å². The number of aromatic nitrogens is 1. The minimum atomic E-state index is -0.598. The number of ether oxygens (including phenoxy) is 1. The van der Waals surface area contributed by atoms with E-state index in [0.717, 1.165) is 23.8 Å². The van der Waals surface area contributed by atoms with Gasteiger partial charge in [-0.25, -0.2) is 8.78 Å². The summed E-state index contributed by atoms with van der Waals surface area (Å²) in [5, 5.41) is 2.78. The Morgan fingerprint density at radius 1 is 1.11 bits per heavy atom. The molecule has 0 radical (unpaired) electrons. The molecule has 4 nitrogen and oxygen atoms in total. The van der Waals surface area contributed by atoms with Crippen LogP contribution in [-0.4, -0.2) is 10.9 Å². The summed E-state index contributed by atoms with van der Waals surface area (Å²) in [7, 11) is 0. The zero-order chi connectivity index (χ0) is 19.9. The Balaban J connectivity index is 1.64. The Bertz CT molecular complexity index is 991. The van der Waals surface area contributed by atoms with Gasteiger partial charge in [-0.1, -0.05) is 12.1 Å². The fourth-order valence-corrected chi connectivity index (χ4v) is 2.54. The molecule has 3 rings (SSSR count). The molecule has 3 aromatic rings. The Kier molecular flexibility index (Phi) is 6.11. The minimum Gasteiger partial charge on any atom is -0.456 e. The van der Waals surface area contributed by atoms with Gasteiger partial charge in [0.15, 0.2) is 0 Å². The van der Waals surface area contributed by atoms with E-state index in [1.54, 1.807) is 30.6 Å². The van der Waals surface area contributed by atoms with Gasteiger partial charge in [0.2, 0.25) is 5.91 Å². The average molecular weight is 380 g/mol. The van der Waals surface area contributed by atoms with Crippen molar-refractivity contribution in [2.75, 3.05) is 0 Å². The van der Waals surface area contributed by atoms with Crippen molar-refractivity contribution in [2.24, 2.45) is 0 Å². The first kappa shape index (κ1) is 19.2. The van der Waals surface area contributed by atoms with Gasteiger partial charge in [-0.2, -0.15) is 0 Å². The summed E-state index contributed by atoms with van der Waals surface area (Å²) in [5.74, 6) is -0.367. The molecule has 0 aliphatic rings. The monoisotopic (exact) mass is 380 g/mol. The van der Waals surface area contributed by atoms with Crippen LogP contribution >= 0.6 is 0 Å². The number of benzene rings is 2. The molecular weight excluding hydrogens is 362 g/mol. The number of nitrogens with zero attached hydrogens (tertiary/aromatic N) is 1. The first-order chi connectivity index (χ1) is 13.5. The summed E-state index contributed by atoms with van der Waals surface area (Å²) >= 11 is 0. The first-order valence-corrected chi connectivity index (χ1v) is 8.63. The second-order valence-corrected chi connectivity index (χ2v) is 6.09. The number of rotatable bonds is 6. The summed E-state index contributed by atoms with van der Waals surface area (Å²) in [4.78, 5) is 16.1. The fraction of sp³-hybridized carbons (Fsp3) is 0.0909. The summed E-state index contributed by atoms with van der Waals surface area (Å²) in [6.07, 6.45) is 5.67. The molecule has 0 spiro atoms. The minimum absolute atomic E-state index is 0.00895. The summed E-state index contributed by atoms with van der Waals surface area (Å²) in [6.45, 7) is 1.82. The lowest BCUT2D eigenvalue weighted by Gasteiger charge is -2.14. The van der Waals surface area contributed by atoms with Crippen molar-refractivity contribution in [2.45, 2.75) is 13.0 Å². The molecule has 1 N–H and O–H groups in total. The van der Waals surface area contributed by atoms with Crippen LogP contribution in [0.2, 0.25) is 0 Å². The molecule has 6 heteroatoms. The molecule has 28 heavy (non-hydrogen) atoms. The van der Waals surface area contributed by atoms with Crippen molar-refractivity contribution in [3.63, 3.8) is 0 Å². The maximum atomic E-state index is 13.6. The lowest BCUT2D eigenvalue weighted by Crippen LogP contribution is -2.24. The molecule has 1 atom stereocenters. The van der Waals surface area contributed by atoms with E-state index in [2.05, 4.69) is 10.3 Å². The van der Waals surface area contributed by atoms with Gasteiger partial charge in [0.1, 0.15) is 23.1 Å². The highest BCUT2D eigenvalue weighted by Gasteiger charge is 2.09. The van der Waals surface area contributed by atoms with Crippen LogP contribution in [0.5, 0.6) is 11.5 Å². The zero-order valence-electron chi connectivity index (χ0n) is 15.1. The number of hydrogen-bond donors (Lipinski definition) is 1. The number of carbonyl (C=O) groups is 1. The summed E-state index contributed by atoms with van der Waals surface area (Å²) in [6, 6.07) is 13.6. The molecular formula is C22H18F2N2O2. The molecule has 0 bridgehead atoms. The van der Waals surface area contributed by atoms with Gasteiger partial charge in [-0.05, 0) is 61.0 Å². The van der Waals surface area contributed by atoms with E-state index < -0.39 is 17.5 Å². The van der Waals surface area contributed by atoms with E-state index in [-0.39, 0.29) is 11.6 Å². The van der Waals surface area contributed by atoms with E-state index in [4.69, 9.17) is 4.74 Å². The van der Waals surface area contributed by atoms with E-state index in [0.29, 0.717) is 11.5 Å². The van der Waals surface area contributed by atoms with E-state index in [9.17, 15) is 13.6 Å². The quantitative estimate of drug-likeness (QED) is 0.610. The van der Waals surface area contributed by atoms with Crippen LogP contribution < -0.4 is 10.1 Å². The largest absolute Gasteiger partial charge is 0.456 e. The molecule has 142 valence electrons. The number of pyridine rings is 1. The fourth-order valence-electron chi connectivity index (χ4n) is 2.54. The van der Waals surface area contributed by atoms with Crippen LogP contribution in [0.25, 0.3) is 6.08 Å². The topological polar surface area (TPSA) is 51.2 Å². The van der Waals surface area contributed by atoms with Crippen molar-refractivity contribution < 1.29 is 18.3 Å². The van der Waals surface area contributed by atoms with E-state index in [1.807, 2.05) is 25.1 Å². The van der Waals surface area contributed by atoms with Crippen LogP contribution in [0, 0.1) is 11.6 Å². The maximum Gasteiger partial charge on any atom is 0.244 e. The molecule has 1 amide bonds. The van der Waals surface area contributed by atoms with Gasteiger partial charge in [-0.3, -0.25) is 9.78 Å². The third-order valence-corrected chi connectivity index (χ3v) is 3.96. The predicted molar refractivity (Wildman–Crippen MR) is 103 cm³/mol. The first-order valence-electron chi connectivity index (χ1n) is 8.63. The summed E-state index contributed by atoms with van der Waals surface area (Å²) in [5.41, 5.74) is 0.842. The Morgan fingerprint density at radius 3 is 2.71 bits per heavy atom. The second kappa shape index (κ2) is 8.90. The lowest BCUT2D eigenvalue weighted by molar-refractivity contribution is -0.117. The third-order valence-electron chi connectivity index (χ3n) is 3.96. The van der Waals surface area contributed by atoms with Crippen molar-refractivity contribution in [3.05, 3.63) is 95.8 Å². The SMILES string of the molecule is C[C@H](NC(=O)C=Cc1cc(F)ccc1F)c1cccc(Oc2cccnc2)c1. The van der Waals surface area contributed by atoms with Crippen molar-refractivity contribution in [1.29, 1.82) is 0 Å². The zero-order valence-corrected chi connectivity index (χ0v) is 15.1. The Morgan fingerprint density at radius 2 is 1.93 bits per heavy atom. The molecule has 0 aliphatic carbocycles. The number of carbonyl (C=O) groups excluding carboxylic acids is 1. The van der Waals surface area contributed by atoms with E-state index >= 15 is 0 Å². The number of hydrogen-bond acceptors (Lipinski definition) is 3. The van der Waals surface area contributed by atoms with Gasteiger partial charge in [0, 0.05) is 17.8 Å². The normalized spacial score (nSPS) is 12.0. The van der Waals surface area contributed by atoms with Crippen molar-refractivity contribution in [1.82, 2.24) is 10.3 Å².